The Morgan fingerprint density at radius 3 is 2.31 bits per heavy atom. The van der Waals surface area contributed by atoms with Crippen LogP contribution >= 0.6 is 12.4 Å². The number of aromatic hydroxyl groups is 2. The normalized spacial score (nSPS) is 12.2. The maximum absolute atomic E-state index is 12.1. The summed E-state index contributed by atoms with van der Waals surface area (Å²) in [5.41, 5.74) is 6.72. The Labute approximate surface area is 174 Å². The van der Waals surface area contributed by atoms with E-state index in [0.29, 0.717) is 16.9 Å². The van der Waals surface area contributed by atoms with E-state index in [-0.39, 0.29) is 36.9 Å². The smallest absolute Gasteiger partial charge is 0.338 e. The molecule has 0 unspecified atom stereocenters. The number of methoxy groups -OCH3 is 1. The summed E-state index contributed by atoms with van der Waals surface area (Å²) in [4.78, 5) is 24.1. The first-order valence-electron chi connectivity index (χ1n) is 8.58. The molecule has 0 heterocycles. The van der Waals surface area contributed by atoms with Crippen LogP contribution in [-0.4, -0.2) is 48.0 Å². The van der Waals surface area contributed by atoms with Crippen molar-refractivity contribution in [1.82, 2.24) is 0 Å². The van der Waals surface area contributed by atoms with Gasteiger partial charge in [0.2, 0.25) is 0 Å². The van der Waals surface area contributed by atoms with Crippen LogP contribution in [-0.2, 0) is 20.7 Å². The molecule has 0 amide bonds. The summed E-state index contributed by atoms with van der Waals surface area (Å²) in [6.07, 6.45) is -0.546. The summed E-state index contributed by atoms with van der Waals surface area (Å²) in [6, 6.07) is 9.63. The predicted octanol–water partition coefficient (Wildman–Crippen LogP) is 2.19. The van der Waals surface area contributed by atoms with Crippen molar-refractivity contribution in [2.75, 3.05) is 13.7 Å². The number of hydrogen-bond acceptors (Lipinski definition) is 8. The largest absolute Gasteiger partial charge is 0.504 e. The molecule has 0 fully saturated rings. The molecule has 29 heavy (non-hydrogen) atoms. The Kier molecular flexibility index (Phi) is 9.24. The topological polar surface area (TPSA) is 128 Å². The van der Waals surface area contributed by atoms with Crippen molar-refractivity contribution in [3.05, 3.63) is 53.6 Å². The van der Waals surface area contributed by atoms with Crippen LogP contribution in [0, 0.1) is 0 Å². The van der Waals surface area contributed by atoms with Crippen LogP contribution in [0.2, 0.25) is 0 Å². The SMILES string of the molecule is COc1ccc(C(=O)O[C@H](C)COC(=O)[C@@H](N)Cc2ccc(O)c(O)c2)cc1.Cl. The Balaban J connectivity index is 0.00000420. The molecule has 0 saturated heterocycles. The van der Waals surface area contributed by atoms with E-state index in [1.807, 2.05) is 0 Å². The van der Waals surface area contributed by atoms with E-state index in [1.165, 1.54) is 19.2 Å². The number of phenolic OH excluding ortho intramolecular Hbond substituents is 2. The summed E-state index contributed by atoms with van der Waals surface area (Å²) in [6.45, 7) is 1.45. The third-order valence-electron chi connectivity index (χ3n) is 3.89. The number of ether oxygens (including phenoxy) is 3. The number of esters is 2. The first-order valence-corrected chi connectivity index (χ1v) is 8.58. The van der Waals surface area contributed by atoms with Gasteiger partial charge in [0.1, 0.15) is 24.5 Å². The summed E-state index contributed by atoms with van der Waals surface area (Å²) in [7, 11) is 1.53. The highest BCUT2D eigenvalue weighted by Gasteiger charge is 2.19. The Hall–Kier alpha value is -2.97. The first kappa shape index (κ1) is 24.1. The lowest BCUT2D eigenvalue weighted by molar-refractivity contribution is -0.148. The average Bonchev–Trinajstić information content (AvgIpc) is 2.68. The van der Waals surface area contributed by atoms with Crippen molar-refractivity contribution in [3.8, 4) is 17.2 Å². The minimum atomic E-state index is -0.964. The van der Waals surface area contributed by atoms with Crippen LogP contribution in [0.3, 0.4) is 0 Å². The summed E-state index contributed by atoms with van der Waals surface area (Å²) >= 11 is 0. The number of halogens is 1. The fraction of sp³-hybridized carbons (Fsp3) is 0.300. The van der Waals surface area contributed by atoms with Gasteiger partial charge < -0.3 is 30.2 Å². The average molecular weight is 426 g/mol. The monoisotopic (exact) mass is 425 g/mol. The lowest BCUT2D eigenvalue weighted by Gasteiger charge is -2.16. The minimum absolute atomic E-state index is 0. The van der Waals surface area contributed by atoms with Crippen molar-refractivity contribution < 1.29 is 34.0 Å². The number of phenols is 2. The molecule has 9 heteroatoms. The van der Waals surface area contributed by atoms with E-state index in [4.69, 9.17) is 19.9 Å². The number of carbonyl (C=O) groups is 2. The van der Waals surface area contributed by atoms with Crippen molar-refractivity contribution >= 4 is 24.3 Å². The number of benzene rings is 2. The molecule has 0 aliphatic rings. The fourth-order valence-electron chi connectivity index (χ4n) is 2.35. The van der Waals surface area contributed by atoms with E-state index >= 15 is 0 Å². The second kappa shape index (κ2) is 11.1. The predicted molar refractivity (Wildman–Crippen MR) is 108 cm³/mol. The molecule has 2 rings (SSSR count). The molecule has 4 N–H and O–H groups in total. The molecule has 2 aromatic rings. The molecule has 2 atom stereocenters. The van der Waals surface area contributed by atoms with Gasteiger partial charge in [0.15, 0.2) is 11.5 Å². The van der Waals surface area contributed by atoms with Gasteiger partial charge in [-0.3, -0.25) is 4.79 Å². The van der Waals surface area contributed by atoms with Crippen molar-refractivity contribution in [3.63, 3.8) is 0 Å². The van der Waals surface area contributed by atoms with Gasteiger partial charge in [-0.05, 0) is 55.3 Å². The maximum atomic E-state index is 12.1. The van der Waals surface area contributed by atoms with Gasteiger partial charge in [-0.1, -0.05) is 6.07 Å². The zero-order valence-electron chi connectivity index (χ0n) is 16.0. The summed E-state index contributed by atoms with van der Waals surface area (Å²) < 4.78 is 15.3. The summed E-state index contributed by atoms with van der Waals surface area (Å²) in [5, 5.41) is 18.8. The molecule has 158 valence electrons. The van der Waals surface area contributed by atoms with Gasteiger partial charge in [0.25, 0.3) is 0 Å². The van der Waals surface area contributed by atoms with Crippen molar-refractivity contribution in [1.29, 1.82) is 0 Å². The Morgan fingerprint density at radius 1 is 1.07 bits per heavy atom. The van der Waals surface area contributed by atoms with E-state index < -0.39 is 24.1 Å². The fourth-order valence-corrected chi connectivity index (χ4v) is 2.35. The van der Waals surface area contributed by atoms with Crippen molar-refractivity contribution in [2.45, 2.75) is 25.5 Å². The van der Waals surface area contributed by atoms with Gasteiger partial charge in [-0.25, -0.2) is 4.79 Å². The zero-order valence-corrected chi connectivity index (χ0v) is 16.8. The molecule has 0 aromatic heterocycles. The van der Waals surface area contributed by atoms with E-state index in [1.54, 1.807) is 37.3 Å². The maximum Gasteiger partial charge on any atom is 0.338 e. The van der Waals surface area contributed by atoms with Crippen LogP contribution < -0.4 is 10.5 Å². The molecular formula is C20H24ClNO7. The second-order valence-electron chi connectivity index (χ2n) is 6.21. The van der Waals surface area contributed by atoms with Crippen LogP contribution in [0.25, 0.3) is 0 Å². The van der Waals surface area contributed by atoms with Crippen molar-refractivity contribution in [2.24, 2.45) is 5.73 Å². The van der Waals surface area contributed by atoms with Gasteiger partial charge in [0, 0.05) is 0 Å². The number of rotatable bonds is 8. The highest BCUT2D eigenvalue weighted by atomic mass is 35.5. The van der Waals surface area contributed by atoms with E-state index in [9.17, 15) is 19.8 Å². The molecule has 0 bridgehead atoms. The highest BCUT2D eigenvalue weighted by molar-refractivity contribution is 5.89. The van der Waals surface area contributed by atoms with Gasteiger partial charge in [0.05, 0.1) is 12.7 Å². The minimum Gasteiger partial charge on any atom is -0.504 e. The lowest BCUT2D eigenvalue weighted by Crippen LogP contribution is -2.36. The molecule has 0 spiro atoms. The number of carbonyl (C=O) groups excluding carboxylic acids is 2. The van der Waals surface area contributed by atoms with Gasteiger partial charge in [-0.15, -0.1) is 12.4 Å². The van der Waals surface area contributed by atoms with Crippen LogP contribution in [0.5, 0.6) is 17.2 Å². The van der Waals surface area contributed by atoms with Gasteiger partial charge in [-0.2, -0.15) is 0 Å². The molecule has 8 nitrogen and oxygen atoms in total. The van der Waals surface area contributed by atoms with E-state index in [0.717, 1.165) is 0 Å². The quantitative estimate of drug-likeness (QED) is 0.433. The highest BCUT2D eigenvalue weighted by Crippen LogP contribution is 2.25. The Bertz CT molecular complexity index is 826. The van der Waals surface area contributed by atoms with E-state index in [2.05, 4.69) is 0 Å². The zero-order chi connectivity index (χ0) is 20.7. The van der Waals surface area contributed by atoms with Gasteiger partial charge >= 0.3 is 11.9 Å². The molecule has 0 radical (unpaired) electrons. The third-order valence-corrected chi connectivity index (χ3v) is 3.89. The Morgan fingerprint density at radius 2 is 1.72 bits per heavy atom. The van der Waals surface area contributed by atoms with Crippen LogP contribution in [0.4, 0.5) is 0 Å². The summed E-state index contributed by atoms with van der Waals surface area (Å²) in [5.74, 6) is -1.14. The first-order chi connectivity index (χ1) is 13.3. The molecule has 0 aliphatic carbocycles. The molecule has 0 aliphatic heterocycles. The van der Waals surface area contributed by atoms with Crippen LogP contribution in [0.1, 0.15) is 22.8 Å². The lowest BCUT2D eigenvalue weighted by atomic mass is 10.1. The standard InChI is InChI=1S/C20H23NO7.ClH/c1-12(28-19(24)14-4-6-15(26-2)7-5-14)11-27-20(25)16(21)9-13-3-8-17(22)18(23)10-13;/h3-8,10,12,16,22-23H,9,11,21H2,1-2H3;1H/t12-,16+;/m1./s1. The molecule has 2 aromatic carbocycles. The number of nitrogens with two attached hydrogens (primary N) is 1. The molecular weight excluding hydrogens is 402 g/mol. The third kappa shape index (κ3) is 7.17. The van der Waals surface area contributed by atoms with Crippen LogP contribution in [0.15, 0.2) is 42.5 Å². The molecule has 0 saturated carbocycles. The number of hydrogen-bond donors (Lipinski definition) is 3. The second-order valence-corrected chi connectivity index (χ2v) is 6.21.